The van der Waals surface area contributed by atoms with Gasteiger partial charge >= 0.3 is 6.18 Å². The highest BCUT2D eigenvalue weighted by Gasteiger charge is 2.32. The number of halogens is 3. The SMILES string of the molecule is Cc1ccc(Nc2cnc(C(N)=S)cn2)cc1C(F)(F)F. The lowest BCUT2D eigenvalue weighted by molar-refractivity contribution is -0.138. The maximum atomic E-state index is 12.8. The highest BCUT2D eigenvalue weighted by Crippen LogP contribution is 2.33. The Hall–Kier alpha value is -2.22. The molecular weight excluding hydrogens is 301 g/mol. The fourth-order valence-electron chi connectivity index (χ4n) is 1.67. The molecule has 0 saturated heterocycles. The normalized spacial score (nSPS) is 11.2. The summed E-state index contributed by atoms with van der Waals surface area (Å²) < 4.78 is 38.5. The maximum Gasteiger partial charge on any atom is 0.416 e. The summed E-state index contributed by atoms with van der Waals surface area (Å²) in [5.74, 6) is 0.298. The Balaban J connectivity index is 2.26. The summed E-state index contributed by atoms with van der Waals surface area (Å²) in [7, 11) is 0. The van der Waals surface area contributed by atoms with Crippen molar-refractivity contribution in [2.75, 3.05) is 5.32 Å². The van der Waals surface area contributed by atoms with Crippen molar-refractivity contribution in [1.82, 2.24) is 9.97 Å². The highest BCUT2D eigenvalue weighted by atomic mass is 32.1. The Morgan fingerprint density at radius 3 is 2.48 bits per heavy atom. The molecule has 0 spiro atoms. The average molecular weight is 312 g/mol. The van der Waals surface area contributed by atoms with Gasteiger partial charge in [0.15, 0.2) is 0 Å². The van der Waals surface area contributed by atoms with Gasteiger partial charge < -0.3 is 11.1 Å². The molecule has 4 nitrogen and oxygen atoms in total. The van der Waals surface area contributed by atoms with Crippen LogP contribution in [0.1, 0.15) is 16.8 Å². The first-order valence-corrected chi connectivity index (χ1v) is 6.25. The van der Waals surface area contributed by atoms with Crippen LogP contribution in [0.4, 0.5) is 24.7 Å². The van der Waals surface area contributed by atoms with Crippen molar-refractivity contribution in [3.63, 3.8) is 0 Å². The molecular formula is C13H11F3N4S. The first kappa shape index (κ1) is 15.2. The minimum atomic E-state index is -4.40. The van der Waals surface area contributed by atoms with Gasteiger partial charge in [-0.25, -0.2) is 9.97 Å². The van der Waals surface area contributed by atoms with E-state index >= 15 is 0 Å². The van der Waals surface area contributed by atoms with E-state index in [0.717, 1.165) is 6.07 Å². The molecule has 1 heterocycles. The Bertz CT molecular complexity index is 668. The van der Waals surface area contributed by atoms with Crippen LogP contribution < -0.4 is 11.1 Å². The Morgan fingerprint density at radius 1 is 1.24 bits per heavy atom. The quantitative estimate of drug-likeness (QED) is 0.852. The van der Waals surface area contributed by atoms with Gasteiger partial charge in [-0.05, 0) is 24.6 Å². The minimum Gasteiger partial charge on any atom is -0.388 e. The fraction of sp³-hybridized carbons (Fsp3) is 0.154. The number of nitrogens with zero attached hydrogens (tertiary/aromatic N) is 2. The number of hydrogen-bond donors (Lipinski definition) is 2. The Kier molecular flexibility index (Phi) is 4.08. The van der Waals surface area contributed by atoms with Gasteiger partial charge in [-0.3, -0.25) is 0 Å². The van der Waals surface area contributed by atoms with E-state index in [1.165, 1.54) is 31.5 Å². The zero-order valence-electron chi connectivity index (χ0n) is 10.9. The molecule has 0 unspecified atom stereocenters. The van der Waals surface area contributed by atoms with Gasteiger partial charge in [0.05, 0.1) is 18.0 Å². The van der Waals surface area contributed by atoms with Gasteiger partial charge in [0.25, 0.3) is 0 Å². The van der Waals surface area contributed by atoms with E-state index in [2.05, 4.69) is 15.3 Å². The number of benzene rings is 1. The average Bonchev–Trinajstić information content (AvgIpc) is 2.40. The number of aromatic nitrogens is 2. The van der Waals surface area contributed by atoms with Crippen LogP contribution in [-0.2, 0) is 6.18 Å². The topological polar surface area (TPSA) is 63.8 Å². The van der Waals surface area contributed by atoms with Crippen LogP contribution in [0, 0.1) is 6.92 Å². The predicted octanol–water partition coefficient (Wildman–Crippen LogP) is 3.18. The van der Waals surface area contributed by atoms with Gasteiger partial charge in [-0.15, -0.1) is 0 Å². The number of aryl methyl sites for hydroxylation is 1. The van der Waals surface area contributed by atoms with E-state index in [-0.39, 0.29) is 16.2 Å². The lowest BCUT2D eigenvalue weighted by Crippen LogP contribution is -2.12. The van der Waals surface area contributed by atoms with Gasteiger partial charge in [0, 0.05) is 5.69 Å². The molecule has 0 aliphatic rings. The molecule has 1 aromatic heterocycles. The molecule has 1 aromatic carbocycles. The monoisotopic (exact) mass is 312 g/mol. The summed E-state index contributed by atoms with van der Waals surface area (Å²) >= 11 is 4.74. The van der Waals surface area contributed by atoms with Crippen LogP contribution >= 0.6 is 12.2 Å². The van der Waals surface area contributed by atoms with Crippen LogP contribution in [0.5, 0.6) is 0 Å². The lowest BCUT2D eigenvalue weighted by Gasteiger charge is -2.13. The summed E-state index contributed by atoms with van der Waals surface area (Å²) in [5.41, 5.74) is 5.46. The van der Waals surface area contributed by atoms with E-state index in [4.69, 9.17) is 18.0 Å². The summed E-state index contributed by atoms with van der Waals surface area (Å²) in [5, 5.41) is 2.75. The first-order valence-electron chi connectivity index (χ1n) is 5.84. The van der Waals surface area contributed by atoms with Crippen LogP contribution in [0.2, 0.25) is 0 Å². The molecule has 0 radical (unpaired) electrons. The van der Waals surface area contributed by atoms with Gasteiger partial charge in [0.1, 0.15) is 16.5 Å². The minimum absolute atomic E-state index is 0.101. The molecule has 3 N–H and O–H groups in total. The number of nitrogens with one attached hydrogen (secondary N) is 1. The molecule has 110 valence electrons. The fourth-order valence-corrected chi connectivity index (χ4v) is 1.78. The Labute approximate surface area is 124 Å². The van der Waals surface area contributed by atoms with Crippen molar-refractivity contribution in [2.45, 2.75) is 13.1 Å². The second-order valence-electron chi connectivity index (χ2n) is 4.30. The summed E-state index contributed by atoms with van der Waals surface area (Å²) in [4.78, 5) is 8.04. The molecule has 0 saturated carbocycles. The second-order valence-corrected chi connectivity index (χ2v) is 4.74. The van der Waals surface area contributed by atoms with E-state index in [1.807, 2.05) is 0 Å². The molecule has 8 heteroatoms. The van der Waals surface area contributed by atoms with E-state index in [1.54, 1.807) is 0 Å². The third-order valence-corrected chi connectivity index (χ3v) is 2.93. The third kappa shape index (κ3) is 3.66. The zero-order chi connectivity index (χ0) is 15.6. The number of anilines is 2. The molecule has 0 aliphatic carbocycles. The number of hydrogen-bond acceptors (Lipinski definition) is 4. The van der Waals surface area contributed by atoms with Crippen LogP contribution in [0.15, 0.2) is 30.6 Å². The first-order chi connectivity index (χ1) is 9.77. The standard InChI is InChI=1S/C13H11F3N4S/c1-7-2-3-8(4-9(7)13(14,15)16)20-11-6-18-10(5-19-11)12(17)21/h2-6H,1H3,(H2,17,21)(H,19,20). The largest absolute Gasteiger partial charge is 0.416 e. The number of nitrogens with two attached hydrogens (primary N) is 1. The molecule has 2 rings (SSSR count). The van der Waals surface area contributed by atoms with Crippen molar-refractivity contribution in [1.29, 1.82) is 0 Å². The van der Waals surface area contributed by atoms with Crippen molar-refractivity contribution in [3.8, 4) is 0 Å². The highest BCUT2D eigenvalue weighted by molar-refractivity contribution is 7.80. The van der Waals surface area contributed by atoms with Crippen LogP contribution in [0.3, 0.4) is 0 Å². The van der Waals surface area contributed by atoms with Crippen molar-refractivity contribution in [2.24, 2.45) is 5.73 Å². The van der Waals surface area contributed by atoms with Crippen LogP contribution in [-0.4, -0.2) is 15.0 Å². The molecule has 0 aliphatic heterocycles. The van der Waals surface area contributed by atoms with Gasteiger partial charge in [-0.2, -0.15) is 13.2 Å². The van der Waals surface area contributed by atoms with E-state index in [9.17, 15) is 13.2 Å². The molecule has 0 amide bonds. The lowest BCUT2D eigenvalue weighted by atomic mass is 10.1. The van der Waals surface area contributed by atoms with E-state index in [0.29, 0.717) is 11.5 Å². The third-order valence-electron chi connectivity index (χ3n) is 2.72. The van der Waals surface area contributed by atoms with Crippen molar-refractivity contribution < 1.29 is 13.2 Å². The number of rotatable bonds is 3. The van der Waals surface area contributed by atoms with Gasteiger partial charge in [0.2, 0.25) is 0 Å². The Morgan fingerprint density at radius 2 is 1.95 bits per heavy atom. The van der Waals surface area contributed by atoms with E-state index < -0.39 is 11.7 Å². The predicted molar refractivity (Wildman–Crippen MR) is 77.4 cm³/mol. The molecule has 2 aromatic rings. The summed E-state index contributed by atoms with van der Waals surface area (Å²) in [6, 6.07) is 3.95. The smallest absolute Gasteiger partial charge is 0.388 e. The molecule has 0 atom stereocenters. The number of alkyl halides is 3. The maximum absolute atomic E-state index is 12.8. The molecule has 21 heavy (non-hydrogen) atoms. The molecule has 0 bridgehead atoms. The van der Waals surface area contributed by atoms with Crippen molar-refractivity contribution in [3.05, 3.63) is 47.4 Å². The van der Waals surface area contributed by atoms with Crippen LogP contribution in [0.25, 0.3) is 0 Å². The summed E-state index contributed by atoms with van der Waals surface area (Å²) in [6.07, 6.45) is -1.70. The molecule has 0 fully saturated rings. The van der Waals surface area contributed by atoms with Crippen molar-refractivity contribution >= 4 is 28.7 Å². The number of thiocarbonyl (C=S) groups is 1. The summed E-state index contributed by atoms with van der Waals surface area (Å²) in [6.45, 7) is 1.41. The second kappa shape index (κ2) is 5.65. The van der Waals surface area contributed by atoms with Gasteiger partial charge in [-0.1, -0.05) is 18.3 Å². The zero-order valence-corrected chi connectivity index (χ0v) is 11.7.